The predicted molar refractivity (Wildman–Crippen MR) is 74.3 cm³/mol. The molecular weight excluding hydrogens is 242 g/mol. The second-order valence-corrected chi connectivity index (χ2v) is 4.63. The van der Waals surface area contributed by atoms with E-state index in [2.05, 4.69) is 6.92 Å². The number of unbranched alkanes of at least 4 members (excludes halogenated alkanes) is 1. The minimum Gasteiger partial charge on any atom is -0.478 e. The van der Waals surface area contributed by atoms with Crippen LogP contribution in [-0.2, 0) is 11.2 Å². The summed E-state index contributed by atoms with van der Waals surface area (Å²) >= 11 is 0. The van der Waals surface area contributed by atoms with Crippen LogP contribution in [0.15, 0.2) is 24.3 Å². The van der Waals surface area contributed by atoms with Crippen LogP contribution < -0.4 is 0 Å². The van der Waals surface area contributed by atoms with Crippen molar-refractivity contribution in [2.75, 3.05) is 13.6 Å². The Morgan fingerprint density at radius 2 is 1.95 bits per heavy atom. The molecule has 104 valence electrons. The lowest BCUT2D eigenvalue weighted by atomic mass is 10.0. The van der Waals surface area contributed by atoms with Gasteiger partial charge in [0.1, 0.15) is 0 Å². The number of hydrogen-bond acceptors (Lipinski definition) is 2. The van der Waals surface area contributed by atoms with Gasteiger partial charge in [0, 0.05) is 20.0 Å². The topological polar surface area (TPSA) is 57.6 Å². The lowest BCUT2D eigenvalue weighted by Crippen LogP contribution is -2.28. The van der Waals surface area contributed by atoms with Crippen LogP contribution in [-0.4, -0.2) is 35.5 Å². The quantitative estimate of drug-likeness (QED) is 0.822. The van der Waals surface area contributed by atoms with Crippen molar-refractivity contribution in [2.24, 2.45) is 0 Å². The fourth-order valence-electron chi connectivity index (χ4n) is 1.88. The Hall–Kier alpha value is -1.84. The third-order valence-corrected chi connectivity index (χ3v) is 3.13. The Labute approximate surface area is 114 Å². The summed E-state index contributed by atoms with van der Waals surface area (Å²) in [4.78, 5) is 24.5. The lowest BCUT2D eigenvalue weighted by molar-refractivity contribution is -0.129. The van der Waals surface area contributed by atoms with Gasteiger partial charge in [-0.15, -0.1) is 0 Å². The number of aromatic carboxylic acids is 1. The van der Waals surface area contributed by atoms with Crippen LogP contribution in [0.1, 0.15) is 42.1 Å². The van der Waals surface area contributed by atoms with E-state index < -0.39 is 5.97 Å². The smallest absolute Gasteiger partial charge is 0.335 e. The van der Waals surface area contributed by atoms with Crippen LogP contribution in [0.25, 0.3) is 0 Å². The van der Waals surface area contributed by atoms with Gasteiger partial charge in [0.15, 0.2) is 0 Å². The zero-order valence-electron chi connectivity index (χ0n) is 11.6. The molecular formula is C15H21NO3. The Balaban J connectivity index is 2.57. The van der Waals surface area contributed by atoms with Gasteiger partial charge in [-0.3, -0.25) is 4.79 Å². The number of amides is 1. The van der Waals surface area contributed by atoms with E-state index in [0.29, 0.717) is 24.9 Å². The molecule has 1 aromatic rings. The molecule has 1 N–H and O–H groups in total. The molecule has 1 amide bonds. The second-order valence-electron chi connectivity index (χ2n) is 4.63. The SMILES string of the molecule is CCCCC(=O)N(C)CCc1ccccc1C(=O)O. The highest BCUT2D eigenvalue weighted by Gasteiger charge is 2.12. The van der Waals surface area contributed by atoms with E-state index >= 15 is 0 Å². The first kappa shape index (κ1) is 15.2. The van der Waals surface area contributed by atoms with Crippen LogP contribution in [0.5, 0.6) is 0 Å². The predicted octanol–water partition coefficient (Wildman–Crippen LogP) is 2.58. The van der Waals surface area contributed by atoms with Crippen molar-refractivity contribution in [3.8, 4) is 0 Å². The third-order valence-electron chi connectivity index (χ3n) is 3.13. The number of hydrogen-bond donors (Lipinski definition) is 1. The Bertz CT molecular complexity index is 443. The monoisotopic (exact) mass is 263 g/mol. The van der Waals surface area contributed by atoms with Crippen molar-refractivity contribution in [1.82, 2.24) is 4.90 Å². The molecule has 0 spiro atoms. The maximum Gasteiger partial charge on any atom is 0.335 e. The number of carboxylic acids is 1. The molecule has 0 fully saturated rings. The van der Waals surface area contributed by atoms with Gasteiger partial charge in [-0.05, 0) is 24.5 Å². The fraction of sp³-hybridized carbons (Fsp3) is 0.467. The maximum atomic E-state index is 11.8. The number of carboxylic acid groups (broad SMARTS) is 1. The first-order valence-corrected chi connectivity index (χ1v) is 6.61. The molecule has 0 heterocycles. The van der Waals surface area contributed by atoms with E-state index in [0.717, 1.165) is 18.4 Å². The lowest BCUT2D eigenvalue weighted by Gasteiger charge is -2.17. The van der Waals surface area contributed by atoms with Crippen molar-refractivity contribution < 1.29 is 14.7 Å². The molecule has 1 rings (SSSR count). The summed E-state index contributed by atoms with van der Waals surface area (Å²) < 4.78 is 0. The zero-order valence-corrected chi connectivity index (χ0v) is 11.6. The molecule has 0 unspecified atom stereocenters. The molecule has 0 saturated heterocycles. The average Bonchev–Trinajstić information content (AvgIpc) is 2.42. The van der Waals surface area contributed by atoms with E-state index in [1.54, 1.807) is 30.1 Å². The van der Waals surface area contributed by atoms with E-state index in [4.69, 9.17) is 5.11 Å². The number of rotatable bonds is 7. The molecule has 4 heteroatoms. The molecule has 0 atom stereocenters. The number of benzene rings is 1. The first-order chi connectivity index (χ1) is 9.06. The third kappa shape index (κ3) is 4.73. The largest absolute Gasteiger partial charge is 0.478 e. The molecule has 4 nitrogen and oxygen atoms in total. The van der Waals surface area contributed by atoms with Crippen molar-refractivity contribution in [2.45, 2.75) is 32.6 Å². The van der Waals surface area contributed by atoms with Gasteiger partial charge in [-0.25, -0.2) is 4.79 Å². The molecule has 0 aromatic heterocycles. The van der Waals surface area contributed by atoms with Crippen molar-refractivity contribution >= 4 is 11.9 Å². The van der Waals surface area contributed by atoms with E-state index in [-0.39, 0.29) is 5.91 Å². The highest BCUT2D eigenvalue weighted by Crippen LogP contribution is 2.10. The highest BCUT2D eigenvalue weighted by molar-refractivity contribution is 5.89. The molecule has 0 aliphatic carbocycles. The van der Waals surface area contributed by atoms with Gasteiger partial charge < -0.3 is 10.0 Å². The molecule has 0 aliphatic heterocycles. The Morgan fingerprint density at radius 1 is 1.26 bits per heavy atom. The second kappa shape index (κ2) is 7.56. The maximum absolute atomic E-state index is 11.8. The number of nitrogens with zero attached hydrogens (tertiary/aromatic N) is 1. The number of carbonyl (C=O) groups is 2. The minimum absolute atomic E-state index is 0.120. The zero-order chi connectivity index (χ0) is 14.3. The summed E-state index contributed by atoms with van der Waals surface area (Å²) in [6.07, 6.45) is 3.03. The van der Waals surface area contributed by atoms with E-state index in [1.165, 1.54) is 0 Å². The Kier molecular flexibility index (Phi) is 6.06. The molecule has 19 heavy (non-hydrogen) atoms. The van der Waals surface area contributed by atoms with Gasteiger partial charge in [-0.1, -0.05) is 31.5 Å². The summed E-state index contributed by atoms with van der Waals surface area (Å²) in [5.41, 5.74) is 1.09. The van der Waals surface area contributed by atoms with Crippen molar-refractivity contribution in [1.29, 1.82) is 0 Å². The van der Waals surface area contributed by atoms with E-state index in [1.807, 2.05) is 6.07 Å². The van der Waals surface area contributed by atoms with Gasteiger partial charge in [0.2, 0.25) is 5.91 Å². The van der Waals surface area contributed by atoms with Gasteiger partial charge in [0.05, 0.1) is 5.56 Å². The van der Waals surface area contributed by atoms with Gasteiger partial charge in [-0.2, -0.15) is 0 Å². The molecule has 1 aromatic carbocycles. The summed E-state index contributed by atoms with van der Waals surface area (Å²) in [5.74, 6) is -0.801. The van der Waals surface area contributed by atoms with Crippen molar-refractivity contribution in [3.05, 3.63) is 35.4 Å². The minimum atomic E-state index is -0.921. The molecule has 0 radical (unpaired) electrons. The molecule has 0 saturated carbocycles. The van der Waals surface area contributed by atoms with Crippen LogP contribution in [0.2, 0.25) is 0 Å². The first-order valence-electron chi connectivity index (χ1n) is 6.61. The summed E-state index contributed by atoms with van der Waals surface area (Å²) in [6.45, 7) is 2.60. The fourth-order valence-corrected chi connectivity index (χ4v) is 1.88. The summed E-state index contributed by atoms with van der Waals surface area (Å²) in [5, 5.41) is 9.08. The van der Waals surface area contributed by atoms with Crippen LogP contribution in [0, 0.1) is 0 Å². The number of carbonyl (C=O) groups excluding carboxylic acids is 1. The summed E-state index contributed by atoms with van der Waals surface area (Å²) in [6, 6.07) is 6.92. The average molecular weight is 263 g/mol. The summed E-state index contributed by atoms with van der Waals surface area (Å²) in [7, 11) is 1.77. The Morgan fingerprint density at radius 3 is 2.58 bits per heavy atom. The molecule has 0 aliphatic rings. The van der Waals surface area contributed by atoms with Gasteiger partial charge >= 0.3 is 5.97 Å². The van der Waals surface area contributed by atoms with Crippen molar-refractivity contribution in [3.63, 3.8) is 0 Å². The van der Waals surface area contributed by atoms with Crippen LogP contribution in [0.3, 0.4) is 0 Å². The van der Waals surface area contributed by atoms with Gasteiger partial charge in [0.25, 0.3) is 0 Å². The normalized spacial score (nSPS) is 10.2. The van der Waals surface area contributed by atoms with E-state index in [9.17, 15) is 9.59 Å². The number of likely N-dealkylation sites (N-methyl/N-ethyl adjacent to an activating group) is 1. The molecule has 0 bridgehead atoms. The standard InChI is InChI=1S/C15H21NO3/c1-3-4-9-14(17)16(2)11-10-12-7-5-6-8-13(12)15(18)19/h5-8H,3-4,9-11H2,1-2H3,(H,18,19). The van der Waals surface area contributed by atoms with Crippen LogP contribution in [0.4, 0.5) is 0 Å². The highest BCUT2D eigenvalue weighted by atomic mass is 16.4. The van der Waals surface area contributed by atoms with Crippen LogP contribution >= 0.6 is 0 Å².